The van der Waals surface area contributed by atoms with Crippen molar-refractivity contribution in [3.63, 3.8) is 0 Å². The number of nitrogens with zero attached hydrogens (tertiary/aromatic N) is 3. The molecular formula is C17H18N4O. The van der Waals surface area contributed by atoms with Crippen LogP contribution in [0.1, 0.15) is 28.1 Å². The molecule has 1 aromatic carbocycles. The highest BCUT2D eigenvalue weighted by Crippen LogP contribution is 2.35. The smallest absolute Gasteiger partial charge is 0.335 e. The molecule has 1 N–H and O–H groups in total. The van der Waals surface area contributed by atoms with Crippen molar-refractivity contribution in [3.05, 3.63) is 46.5 Å². The molecule has 1 aliphatic rings. The number of aryl methyl sites for hydroxylation is 4. The van der Waals surface area contributed by atoms with Crippen molar-refractivity contribution in [2.75, 3.05) is 4.90 Å². The molecule has 0 radical (unpaired) electrons. The summed E-state index contributed by atoms with van der Waals surface area (Å²) < 4.78 is 1.85. The molecule has 0 saturated heterocycles. The van der Waals surface area contributed by atoms with E-state index in [1.807, 2.05) is 11.5 Å². The van der Waals surface area contributed by atoms with Crippen molar-refractivity contribution < 1.29 is 4.79 Å². The summed E-state index contributed by atoms with van der Waals surface area (Å²) in [7, 11) is 0. The molecule has 22 heavy (non-hydrogen) atoms. The van der Waals surface area contributed by atoms with Crippen molar-refractivity contribution >= 4 is 22.8 Å². The summed E-state index contributed by atoms with van der Waals surface area (Å²) in [6, 6.07) is 4.25. The lowest BCUT2D eigenvalue weighted by Gasteiger charge is -2.14. The van der Waals surface area contributed by atoms with E-state index in [-0.39, 0.29) is 6.03 Å². The predicted octanol–water partition coefficient (Wildman–Crippen LogP) is 3.59. The molecule has 3 aromatic rings. The molecule has 2 aromatic heterocycles. The average Bonchev–Trinajstić information content (AvgIpc) is 3.07. The molecule has 0 atom stereocenters. The third-order valence-electron chi connectivity index (χ3n) is 4.57. The van der Waals surface area contributed by atoms with Crippen LogP contribution in [-0.4, -0.2) is 20.6 Å². The van der Waals surface area contributed by atoms with Crippen LogP contribution in [0.3, 0.4) is 0 Å². The van der Waals surface area contributed by atoms with Crippen LogP contribution in [0, 0.1) is 27.7 Å². The summed E-state index contributed by atoms with van der Waals surface area (Å²) in [5, 5.41) is 1.20. The van der Waals surface area contributed by atoms with Crippen molar-refractivity contribution in [1.82, 2.24) is 14.5 Å². The fourth-order valence-electron chi connectivity index (χ4n) is 3.60. The monoisotopic (exact) mass is 294 g/mol. The van der Waals surface area contributed by atoms with Crippen molar-refractivity contribution in [2.45, 2.75) is 34.2 Å². The first-order valence-corrected chi connectivity index (χ1v) is 7.42. The minimum atomic E-state index is -0.0201. The van der Waals surface area contributed by atoms with Crippen LogP contribution in [0.2, 0.25) is 0 Å². The molecule has 0 spiro atoms. The van der Waals surface area contributed by atoms with Gasteiger partial charge < -0.3 is 4.98 Å². The van der Waals surface area contributed by atoms with E-state index in [0.29, 0.717) is 12.4 Å². The Morgan fingerprint density at radius 3 is 2.64 bits per heavy atom. The molecule has 3 heterocycles. The molecule has 0 bridgehead atoms. The lowest BCUT2D eigenvalue weighted by Crippen LogP contribution is -2.26. The molecule has 0 unspecified atom stereocenters. The minimum absolute atomic E-state index is 0.0201. The van der Waals surface area contributed by atoms with Gasteiger partial charge in [-0.2, -0.15) is 0 Å². The third-order valence-corrected chi connectivity index (χ3v) is 4.57. The Bertz CT molecular complexity index is 932. The maximum atomic E-state index is 12.9. The number of amides is 1. The number of hydrogen-bond acceptors (Lipinski definition) is 2. The van der Waals surface area contributed by atoms with E-state index in [2.05, 4.69) is 42.9 Å². The molecule has 4 rings (SSSR count). The first-order valence-electron chi connectivity index (χ1n) is 7.42. The number of carbonyl (C=O) groups excluding carboxylic acids is 1. The fraction of sp³-hybridized carbons (Fsp3) is 0.294. The molecular weight excluding hydrogens is 276 g/mol. The standard InChI is InChI=1S/C17H18N4O/c1-9-5-10(2)15-11(3)14-7-20(16-12(4)18-8-19-16)17(22)21(14)13(15)6-9/h5-6,8H,7H2,1-4H3,(H,18,19). The molecule has 1 aliphatic heterocycles. The average molecular weight is 294 g/mol. The summed E-state index contributed by atoms with van der Waals surface area (Å²) >= 11 is 0. The largest absolute Gasteiger partial charge is 0.347 e. The normalized spacial score (nSPS) is 14.2. The van der Waals surface area contributed by atoms with Gasteiger partial charge in [-0.1, -0.05) is 6.07 Å². The zero-order chi connectivity index (χ0) is 15.6. The van der Waals surface area contributed by atoms with Crippen molar-refractivity contribution in [2.24, 2.45) is 0 Å². The molecule has 1 amide bonds. The number of imidazole rings is 1. The van der Waals surface area contributed by atoms with Gasteiger partial charge in [0.2, 0.25) is 0 Å². The van der Waals surface area contributed by atoms with Gasteiger partial charge in [0.25, 0.3) is 0 Å². The SMILES string of the molecule is Cc1cc(C)c2c(C)c3n(c2c1)C(=O)N(c1nc[nH]c1C)C3. The minimum Gasteiger partial charge on any atom is -0.347 e. The second-order valence-corrected chi connectivity index (χ2v) is 6.10. The zero-order valence-electron chi connectivity index (χ0n) is 13.2. The maximum absolute atomic E-state index is 12.9. The first-order chi connectivity index (χ1) is 10.5. The lowest BCUT2D eigenvalue weighted by molar-refractivity contribution is 0.251. The van der Waals surface area contributed by atoms with Crippen LogP contribution in [0.4, 0.5) is 10.6 Å². The Kier molecular flexibility index (Phi) is 2.52. The summed E-state index contributed by atoms with van der Waals surface area (Å²) in [6.07, 6.45) is 1.63. The number of benzene rings is 1. The fourth-order valence-corrected chi connectivity index (χ4v) is 3.60. The van der Waals surface area contributed by atoms with Gasteiger partial charge in [0.1, 0.15) is 0 Å². The Morgan fingerprint density at radius 2 is 1.95 bits per heavy atom. The van der Waals surface area contributed by atoms with Crippen LogP contribution in [0.5, 0.6) is 0 Å². The van der Waals surface area contributed by atoms with Gasteiger partial charge in [-0.15, -0.1) is 0 Å². The second-order valence-electron chi connectivity index (χ2n) is 6.10. The topological polar surface area (TPSA) is 53.9 Å². The van der Waals surface area contributed by atoms with Crippen molar-refractivity contribution in [1.29, 1.82) is 0 Å². The van der Waals surface area contributed by atoms with Gasteiger partial charge in [0.15, 0.2) is 5.82 Å². The van der Waals surface area contributed by atoms with Crippen LogP contribution in [0.25, 0.3) is 10.9 Å². The van der Waals surface area contributed by atoms with Gasteiger partial charge in [0.05, 0.1) is 29.8 Å². The van der Waals surface area contributed by atoms with Crippen molar-refractivity contribution in [3.8, 4) is 0 Å². The maximum Gasteiger partial charge on any atom is 0.335 e. The highest BCUT2D eigenvalue weighted by molar-refractivity contribution is 6.05. The Hall–Kier alpha value is -2.56. The number of fused-ring (bicyclic) bond motifs is 3. The van der Waals surface area contributed by atoms with E-state index < -0.39 is 0 Å². The van der Waals surface area contributed by atoms with Gasteiger partial charge in [-0.05, 0) is 50.5 Å². The van der Waals surface area contributed by atoms with Gasteiger partial charge in [-0.3, -0.25) is 9.47 Å². The molecule has 0 aliphatic carbocycles. The predicted molar refractivity (Wildman–Crippen MR) is 86.5 cm³/mol. The highest BCUT2D eigenvalue weighted by atomic mass is 16.2. The van der Waals surface area contributed by atoms with E-state index in [9.17, 15) is 4.79 Å². The van der Waals surface area contributed by atoms with E-state index in [0.717, 1.165) is 16.9 Å². The molecule has 0 fully saturated rings. The number of hydrogen-bond donors (Lipinski definition) is 1. The van der Waals surface area contributed by atoms with E-state index in [1.54, 1.807) is 11.2 Å². The van der Waals surface area contributed by atoms with Crippen LogP contribution >= 0.6 is 0 Å². The molecule has 5 heteroatoms. The molecule has 5 nitrogen and oxygen atoms in total. The number of H-pyrrole nitrogens is 1. The summed E-state index contributed by atoms with van der Waals surface area (Å²) in [4.78, 5) is 22.0. The molecule has 112 valence electrons. The van der Waals surface area contributed by atoms with Gasteiger partial charge in [-0.25, -0.2) is 9.78 Å². The Labute approximate surface area is 128 Å². The Morgan fingerprint density at radius 1 is 1.18 bits per heavy atom. The number of nitrogens with one attached hydrogen (secondary N) is 1. The van der Waals surface area contributed by atoms with Crippen LogP contribution in [0.15, 0.2) is 18.5 Å². The first kappa shape index (κ1) is 13.1. The number of carbonyl (C=O) groups is 1. The summed E-state index contributed by atoms with van der Waals surface area (Å²) in [5.74, 6) is 0.714. The third kappa shape index (κ3) is 1.53. The van der Waals surface area contributed by atoms with Gasteiger partial charge in [0, 0.05) is 5.39 Å². The summed E-state index contributed by atoms with van der Waals surface area (Å²) in [5.41, 5.74) is 6.57. The lowest BCUT2D eigenvalue weighted by atomic mass is 10.0. The van der Waals surface area contributed by atoms with Crippen LogP contribution < -0.4 is 4.90 Å². The van der Waals surface area contributed by atoms with E-state index in [4.69, 9.17) is 0 Å². The number of aromatic nitrogens is 3. The highest BCUT2D eigenvalue weighted by Gasteiger charge is 2.34. The number of aromatic amines is 1. The second kappa shape index (κ2) is 4.22. The quantitative estimate of drug-likeness (QED) is 0.745. The zero-order valence-corrected chi connectivity index (χ0v) is 13.2. The van der Waals surface area contributed by atoms with Gasteiger partial charge >= 0.3 is 6.03 Å². The van der Waals surface area contributed by atoms with Crippen LogP contribution in [-0.2, 0) is 6.54 Å². The summed E-state index contributed by atoms with van der Waals surface area (Å²) in [6.45, 7) is 8.78. The van der Waals surface area contributed by atoms with E-state index in [1.165, 1.54) is 22.1 Å². The van der Waals surface area contributed by atoms with E-state index >= 15 is 0 Å². The molecule has 0 saturated carbocycles. The Balaban J connectivity index is 1.96. The number of rotatable bonds is 1. The number of anilines is 1.